The predicted molar refractivity (Wildman–Crippen MR) is 198 cm³/mol. The zero-order valence-electron chi connectivity index (χ0n) is 28.4. The van der Waals surface area contributed by atoms with Crippen molar-refractivity contribution in [1.82, 2.24) is 21.3 Å². The molecule has 4 amide bonds. The number of nitrogens with one attached hydrogen (secondary N) is 6. The third kappa shape index (κ3) is 17.1. The van der Waals surface area contributed by atoms with Crippen molar-refractivity contribution in [3.05, 3.63) is 54.1 Å². The lowest BCUT2D eigenvalue weighted by Crippen LogP contribution is -2.47. The molecule has 0 saturated carbocycles. The van der Waals surface area contributed by atoms with Gasteiger partial charge in [0.25, 0.3) is 5.91 Å². The number of nitrogens with zero attached hydrogens (tertiary/aromatic N) is 1. The highest BCUT2D eigenvalue weighted by Crippen LogP contribution is 2.21. The van der Waals surface area contributed by atoms with Gasteiger partial charge in [-0.1, -0.05) is 27.5 Å². The van der Waals surface area contributed by atoms with Crippen LogP contribution in [0.3, 0.4) is 0 Å². The lowest BCUT2D eigenvalue weighted by atomic mass is 10.1. The monoisotopic (exact) mass is 699 g/mol. The summed E-state index contributed by atoms with van der Waals surface area (Å²) in [6, 6.07) is 14.5. The number of unbranched alkanes of at least 4 members (excludes halogenated alkanes) is 1. The summed E-state index contributed by atoms with van der Waals surface area (Å²) in [5.74, 6) is 2.84. The molecule has 6 N–H and O–H groups in total. The van der Waals surface area contributed by atoms with E-state index >= 15 is 0 Å². The largest absolute Gasteiger partial charge is 0.444 e. The number of terminal acetylenes is 1. The minimum Gasteiger partial charge on any atom is -0.444 e. The van der Waals surface area contributed by atoms with E-state index in [1.165, 1.54) is 10.8 Å². The van der Waals surface area contributed by atoms with Gasteiger partial charge in [0.15, 0.2) is 0 Å². The Labute approximate surface area is 292 Å². The van der Waals surface area contributed by atoms with Crippen LogP contribution in [0.15, 0.2) is 48.5 Å². The van der Waals surface area contributed by atoms with Gasteiger partial charge >= 0.3 is 6.09 Å². The van der Waals surface area contributed by atoms with Crippen molar-refractivity contribution < 1.29 is 23.9 Å². The molecule has 0 fully saturated rings. The topological polar surface area (TPSA) is 153 Å². The number of hydrogen-bond donors (Lipinski definition) is 6. The maximum Gasteiger partial charge on any atom is 0.407 e. The predicted octanol–water partition coefficient (Wildman–Crippen LogP) is 4.62. The highest BCUT2D eigenvalue weighted by molar-refractivity contribution is 8.76. The summed E-state index contributed by atoms with van der Waals surface area (Å²) in [5.41, 5.74) is 9.11. The van der Waals surface area contributed by atoms with E-state index in [9.17, 15) is 19.2 Å². The van der Waals surface area contributed by atoms with Crippen molar-refractivity contribution >= 4 is 62.5 Å². The molecule has 0 saturated heterocycles. The average Bonchev–Trinajstić information content (AvgIpc) is 3.04. The Morgan fingerprint density at radius 3 is 2.08 bits per heavy atom. The molecule has 2 aromatic carbocycles. The van der Waals surface area contributed by atoms with Crippen LogP contribution in [0.1, 0.15) is 56.8 Å². The van der Waals surface area contributed by atoms with Crippen LogP contribution in [0.5, 0.6) is 0 Å². The summed E-state index contributed by atoms with van der Waals surface area (Å²) in [6.07, 6.45) is 6.62. The summed E-state index contributed by atoms with van der Waals surface area (Å²) in [5, 5.41) is 11.0. The lowest BCUT2D eigenvalue weighted by Gasteiger charge is -2.20. The van der Waals surface area contributed by atoms with Crippen LogP contribution in [-0.4, -0.2) is 80.7 Å². The summed E-state index contributed by atoms with van der Waals surface area (Å²) >= 11 is 0. The Morgan fingerprint density at radius 1 is 0.854 bits per heavy atom. The third-order valence-corrected chi connectivity index (χ3v) is 8.86. The van der Waals surface area contributed by atoms with E-state index in [1.54, 1.807) is 43.7 Å². The molecule has 2 aromatic rings. The van der Waals surface area contributed by atoms with Crippen LogP contribution >= 0.6 is 21.6 Å². The Morgan fingerprint density at radius 2 is 1.48 bits per heavy atom. The van der Waals surface area contributed by atoms with Crippen LogP contribution in [-0.2, 0) is 14.3 Å². The van der Waals surface area contributed by atoms with Crippen molar-refractivity contribution in [2.45, 2.75) is 58.1 Å². The first-order valence-electron chi connectivity index (χ1n) is 15.8. The number of hydrazine groups is 1. The standard InChI is InChI=1S/C34H49N7O5S2/c1-7-20-35-32(44)29(10-8-9-21-37-33(45)46-34(2,3)4)38-30(42)19-23-47-48-24-22-36-31(43)25-11-13-26(14-12-25)39-40-27-15-17-28(18-16-27)41(5)6/h1,11-18,29,39-40H,8-10,19-24H2,2-6H3,(H,35,44)(H,36,43)(H,37,45)(H,38,42). The van der Waals surface area contributed by atoms with Crippen LogP contribution in [0, 0.1) is 12.3 Å². The number of benzene rings is 2. The number of alkyl carbamates (subject to hydrolysis) is 1. The van der Waals surface area contributed by atoms with Crippen molar-refractivity contribution in [1.29, 1.82) is 0 Å². The van der Waals surface area contributed by atoms with E-state index in [2.05, 4.69) is 38.0 Å². The van der Waals surface area contributed by atoms with E-state index in [4.69, 9.17) is 11.2 Å². The molecule has 14 heteroatoms. The number of anilines is 3. The van der Waals surface area contributed by atoms with Gasteiger partial charge < -0.3 is 41.8 Å². The lowest BCUT2D eigenvalue weighted by molar-refractivity contribution is -0.128. The number of amides is 4. The molecule has 262 valence electrons. The van der Waals surface area contributed by atoms with Gasteiger partial charge in [0.2, 0.25) is 11.8 Å². The first-order valence-corrected chi connectivity index (χ1v) is 18.3. The number of rotatable bonds is 20. The van der Waals surface area contributed by atoms with Gasteiger partial charge in [0.1, 0.15) is 11.6 Å². The zero-order valence-corrected chi connectivity index (χ0v) is 30.1. The van der Waals surface area contributed by atoms with Gasteiger partial charge in [-0.2, -0.15) is 0 Å². The van der Waals surface area contributed by atoms with Crippen LogP contribution in [0.4, 0.5) is 21.9 Å². The molecule has 0 spiro atoms. The quantitative estimate of drug-likeness (QED) is 0.0500. The average molecular weight is 700 g/mol. The smallest absolute Gasteiger partial charge is 0.407 e. The molecule has 0 bridgehead atoms. The number of carbonyl (C=O) groups is 4. The SMILES string of the molecule is C#CCNC(=O)C(CCCCNC(=O)OC(C)(C)C)NC(=O)CCSSCCNC(=O)c1ccc(NNc2ccc(N(C)C)cc2)cc1. The molecule has 0 aromatic heterocycles. The number of hydrogen-bond acceptors (Lipinski definition) is 10. The normalized spacial score (nSPS) is 11.3. The molecule has 1 unspecified atom stereocenters. The minimum absolute atomic E-state index is 0.0709. The fourth-order valence-electron chi connectivity index (χ4n) is 4.03. The fourth-order valence-corrected chi connectivity index (χ4v) is 5.92. The molecule has 0 aliphatic rings. The van der Waals surface area contributed by atoms with Gasteiger partial charge in [-0.15, -0.1) is 6.42 Å². The highest BCUT2D eigenvalue weighted by atomic mass is 33.1. The van der Waals surface area contributed by atoms with Crippen LogP contribution in [0.25, 0.3) is 0 Å². The Bertz CT molecular complexity index is 1340. The Hall–Kier alpha value is -4.22. The van der Waals surface area contributed by atoms with Gasteiger partial charge in [-0.25, -0.2) is 4.79 Å². The highest BCUT2D eigenvalue weighted by Gasteiger charge is 2.20. The second-order valence-electron chi connectivity index (χ2n) is 11.9. The van der Waals surface area contributed by atoms with E-state index in [0.29, 0.717) is 49.4 Å². The van der Waals surface area contributed by atoms with Crippen molar-refractivity contribution in [2.75, 3.05) is 61.0 Å². The molecule has 2 rings (SSSR count). The van der Waals surface area contributed by atoms with Crippen molar-refractivity contribution in [3.8, 4) is 12.3 Å². The Kier molecular flexibility index (Phi) is 18.0. The first kappa shape index (κ1) is 40.0. The first-order chi connectivity index (χ1) is 22.9. The maximum atomic E-state index is 12.6. The maximum absolute atomic E-state index is 12.6. The van der Waals surface area contributed by atoms with Gasteiger partial charge in [-0.3, -0.25) is 14.4 Å². The molecule has 0 aliphatic carbocycles. The number of ether oxygens (including phenoxy) is 1. The van der Waals surface area contributed by atoms with Gasteiger partial charge in [-0.05, 0) is 88.6 Å². The zero-order chi connectivity index (χ0) is 35.4. The van der Waals surface area contributed by atoms with Crippen LogP contribution in [0.2, 0.25) is 0 Å². The molecule has 0 heterocycles. The van der Waals surface area contributed by atoms with Gasteiger partial charge in [0, 0.05) is 56.4 Å². The molecular formula is C34H49N7O5S2. The summed E-state index contributed by atoms with van der Waals surface area (Å²) in [6.45, 7) is 6.31. The minimum atomic E-state index is -0.721. The summed E-state index contributed by atoms with van der Waals surface area (Å²) in [4.78, 5) is 51.4. The molecule has 12 nitrogen and oxygen atoms in total. The molecule has 0 aliphatic heterocycles. The second-order valence-corrected chi connectivity index (χ2v) is 14.6. The molecule has 48 heavy (non-hydrogen) atoms. The summed E-state index contributed by atoms with van der Waals surface area (Å²) < 4.78 is 5.21. The third-order valence-electron chi connectivity index (χ3n) is 6.45. The summed E-state index contributed by atoms with van der Waals surface area (Å²) in [7, 11) is 7.07. The van der Waals surface area contributed by atoms with Crippen molar-refractivity contribution in [3.63, 3.8) is 0 Å². The van der Waals surface area contributed by atoms with E-state index in [-0.39, 0.29) is 30.7 Å². The number of carbonyl (C=O) groups excluding carboxylic acids is 4. The molecule has 1 atom stereocenters. The van der Waals surface area contributed by atoms with Crippen LogP contribution < -0.4 is 37.0 Å². The fraction of sp³-hybridized carbons (Fsp3) is 0.471. The second kappa shape index (κ2) is 21.6. The van der Waals surface area contributed by atoms with E-state index in [0.717, 1.165) is 17.1 Å². The van der Waals surface area contributed by atoms with E-state index in [1.807, 2.05) is 55.4 Å². The molecular weight excluding hydrogens is 651 g/mol. The Balaban J connectivity index is 1.62. The molecule has 0 radical (unpaired) electrons. The van der Waals surface area contributed by atoms with E-state index < -0.39 is 17.7 Å². The van der Waals surface area contributed by atoms with Crippen molar-refractivity contribution in [2.24, 2.45) is 0 Å². The van der Waals surface area contributed by atoms with Gasteiger partial charge in [0.05, 0.1) is 17.9 Å².